The van der Waals surface area contributed by atoms with Crippen LogP contribution >= 0.6 is 15.9 Å². The second kappa shape index (κ2) is 5.42. The first-order chi connectivity index (χ1) is 8.15. The highest BCUT2D eigenvalue weighted by atomic mass is 79.9. The van der Waals surface area contributed by atoms with Crippen molar-refractivity contribution in [3.05, 3.63) is 34.8 Å². The average molecular weight is 295 g/mol. The maximum absolute atomic E-state index is 4.35. The van der Waals surface area contributed by atoms with Crippen LogP contribution in [0.15, 0.2) is 29.1 Å². The molecule has 0 spiro atoms. The number of rotatable bonds is 4. The Balaban J connectivity index is 2.12. The molecule has 2 aromatic rings. The van der Waals surface area contributed by atoms with Crippen LogP contribution in [0, 0.1) is 0 Å². The molecule has 90 valence electrons. The van der Waals surface area contributed by atoms with E-state index in [9.17, 15) is 0 Å². The second-order valence-electron chi connectivity index (χ2n) is 4.18. The molecular formula is C12H15BrN4. The van der Waals surface area contributed by atoms with Crippen LogP contribution < -0.4 is 5.32 Å². The van der Waals surface area contributed by atoms with Gasteiger partial charge in [-0.05, 0) is 22.0 Å². The number of aromatic amines is 1. The van der Waals surface area contributed by atoms with Gasteiger partial charge in [0.25, 0.3) is 0 Å². The highest BCUT2D eigenvalue weighted by Crippen LogP contribution is 2.18. The minimum Gasteiger partial charge on any atom is -0.341 e. The quantitative estimate of drug-likeness (QED) is 0.912. The molecule has 0 bridgehead atoms. The molecule has 2 aromatic heterocycles. The van der Waals surface area contributed by atoms with Gasteiger partial charge in [0.1, 0.15) is 5.82 Å². The molecule has 0 saturated carbocycles. The van der Waals surface area contributed by atoms with E-state index >= 15 is 0 Å². The summed E-state index contributed by atoms with van der Waals surface area (Å²) in [6.07, 6.45) is 5.41. The monoisotopic (exact) mass is 294 g/mol. The first-order valence-corrected chi connectivity index (χ1v) is 6.32. The zero-order valence-electron chi connectivity index (χ0n) is 9.87. The number of nitrogens with one attached hydrogen (secondary N) is 2. The standard InChI is InChI=1S/C12H15BrN4/c1-8(2)15-6-11-7-16-12(17-11)9-3-10(13)5-14-4-9/h3-5,7-8,15H,6H2,1-2H3,(H,16,17). The Labute approximate surface area is 109 Å². The van der Waals surface area contributed by atoms with E-state index in [1.807, 2.05) is 12.3 Å². The van der Waals surface area contributed by atoms with Crippen LogP contribution in [0.4, 0.5) is 0 Å². The van der Waals surface area contributed by atoms with Crippen molar-refractivity contribution in [2.75, 3.05) is 0 Å². The lowest BCUT2D eigenvalue weighted by atomic mass is 10.3. The Kier molecular flexibility index (Phi) is 3.91. The topological polar surface area (TPSA) is 53.6 Å². The van der Waals surface area contributed by atoms with Crippen molar-refractivity contribution >= 4 is 15.9 Å². The molecule has 0 radical (unpaired) electrons. The Bertz CT molecular complexity index is 493. The maximum Gasteiger partial charge on any atom is 0.139 e. The van der Waals surface area contributed by atoms with Crippen molar-refractivity contribution in [1.29, 1.82) is 0 Å². The van der Waals surface area contributed by atoms with Crippen LogP contribution in [0.1, 0.15) is 19.5 Å². The molecule has 2 rings (SSSR count). The van der Waals surface area contributed by atoms with E-state index in [1.165, 1.54) is 0 Å². The van der Waals surface area contributed by atoms with E-state index in [4.69, 9.17) is 0 Å². The number of hydrogen-bond donors (Lipinski definition) is 2. The lowest BCUT2D eigenvalue weighted by Gasteiger charge is -2.05. The number of imidazole rings is 1. The van der Waals surface area contributed by atoms with Gasteiger partial charge in [0.15, 0.2) is 0 Å². The molecule has 0 saturated heterocycles. The summed E-state index contributed by atoms with van der Waals surface area (Å²) in [5, 5.41) is 3.34. The molecule has 0 atom stereocenters. The lowest BCUT2D eigenvalue weighted by molar-refractivity contribution is 0.583. The normalized spacial score (nSPS) is 11.1. The molecule has 0 unspecified atom stereocenters. The highest BCUT2D eigenvalue weighted by Gasteiger charge is 2.04. The molecule has 0 aliphatic carbocycles. The van der Waals surface area contributed by atoms with Crippen molar-refractivity contribution in [2.24, 2.45) is 0 Å². The van der Waals surface area contributed by atoms with Crippen molar-refractivity contribution in [2.45, 2.75) is 26.4 Å². The van der Waals surface area contributed by atoms with Gasteiger partial charge in [-0.3, -0.25) is 4.98 Å². The largest absolute Gasteiger partial charge is 0.341 e. The first kappa shape index (κ1) is 12.3. The maximum atomic E-state index is 4.35. The number of pyridine rings is 1. The van der Waals surface area contributed by atoms with Gasteiger partial charge in [0.05, 0.1) is 0 Å². The number of aromatic nitrogens is 3. The van der Waals surface area contributed by atoms with Gasteiger partial charge in [0.2, 0.25) is 0 Å². The second-order valence-corrected chi connectivity index (χ2v) is 5.10. The van der Waals surface area contributed by atoms with Crippen LogP contribution in [0.5, 0.6) is 0 Å². The van der Waals surface area contributed by atoms with Gasteiger partial charge < -0.3 is 10.3 Å². The van der Waals surface area contributed by atoms with E-state index < -0.39 is 0 Å². The molecule has 4 nitrogen and oxygen atoms in total. The van der Waals surface area contributed by atoms with Crippen molar-refractivity contribution < 1.29 is 0 Å². The molecule has 0 fully saturated rings. The minimum absolute atomic E-state index is 0.467. The zero-order valence-corrected chi connectivity index (χ0v) is 11.5. The molecule has 5 heteroatoms. The summed E-state index contributed by atoms with van der Waals surface area (Å²) in [5.41, 5.74) is 2.06. The Morgan fingerprint density at radius 3 is 2.88 bits per heavy atom. The molecule has 2 heterocycles. The molecule has 2 N–H and O–H groups in total. The van der Waals surface area contributed by atoms with Crippen molar-refractivity contribution in [3.8, 4) is 11.4 Å². The van der Waals surface area contributed by atoms with Crippen LogP contribution in [0.2, 0.25) is 0 Å². The number of H-pyrrole nitrogens is 1. The van der Waals surface area contributed by atoms with E-state index in [0.29, 0.717) is 6.04 Å². The molecule has 0 amide bonds. The molecule has 0 aromatic carbocycles. The number of nitrogens with zero attached hydrogens (tertiary/aromatic N) is 2. The third kappa shape index (κ3) is 3.38. The fourth-order valence-corrected chi connectivity index (χ4v) is 1.82. The fraction of sp³-hybridized carbons (Fsp3) is 0.333. The first-order valence-electron chi connectivity index (χ1n) is 5.53. The smallest absolute Gasteiger partial charge is 0.139 e. The predicted octanol–water partition coefficient (Wildman–Crippen LogP) is 2.73. The summed E-state index contributed by atoms with van der Waals surface area (Å²) < 4.78 is 0.952. The predicted molar refractivity (Wildman–Crippen MR) is 71.5 cm³/mol. The van der Waals surface area contributed by atoms with Gasteiger partial charge in [-0.25, -0.2) is 4.98 Å². The summed E-state index contributed by atoms with van der Waals surface area (Å²) in [4.78, 5) is 11.7. The van der Waals surface area contributed by atoms with E-state index in [-0.39, 0.29) is 0 Å². The number of halogens is 1. The average Bonchev–Trinajstić information content (AvgIpc) is 2.75. The van der Waals surface area contributed by atoms with Crippen LogP contribution in [0.25, 0.3) is 11.4 Å². The van der Waals surface area contributed by atoms with Gasteiger partial charge in [-0.15, -0.1) is 0 Å². The SMILES string of the molecule is CC(C)NCc1cnc(-c2cncc(Br)c2)[nH]1. The van der Waals surface area contributed by atoms with E-state index in [0.717, 1.165) is 28.1 Å². The van der Waals surface area contributed by atoms with E-state index in [2.05, 4.69) is 50.0 Å². The molecule has 0 aliphatic rings. The third-order valence-corrected chi connectivity index (χ3v) is 2.74. The highest BCUT2D eigenvalue weighted by molar-refractivity contribution is 9.10. The fourth-order valence-electron chi connectivity index (χ4n) is 1.45. The van der Waals surface area contributed by atoms with E-state index in [1.54, 1.807) is 12.4 Å². The lowest BCUT2D eigenvalue weighted by Crippen LogP contribution is -2.21. The molecule has 0 aliphatic heterocycles. The van der Waals surface area contributed by atoms with Crippen LogP contribution in [0.3, 0.4) is 0 Å². The zero-order chi connectivity index (χ0) is 12.3. The van der Waals surface area contributed by atoms with Crippen molar-refractivity contribution in [1.82, 2.24) is 20.3 Å². The van der Waals surface area contributed by atoms with Crippen molar-refractivity contribution in [3.63, 3.8) is 0 Å². The van der Waals surface area contributed by atoms with Gasteiger partial charge >= 0.3 is 0 Å². The summed E-state index contributed by atoms with van der Waals surface area (Å²) in [7, 11) is 0. The van der Waals surface area contributed by atoms with Gasteiger partial charge in [-0.1, -0.05) is 13.8 Å². The Morgan fingerprint density at radius 2 is 2.18 bits per heavy atom. The van der Waals surface area contributed by atoms with Gasteiger partial charge in [-0.2, -0.15) is 0 Å². The molecule has 17 heavy (non-hydrogen) atoms. The Morgan fingerprint density at radius 1 is 1.35 bits per heavy atom. The summed E-state index contributed by atoms with van der Waals surface area (Å²) in [6, 6.07) is 2.46. The summed E-state index contributed by atoms with van der Waals surface area (Å²) in [5.74, 6) is 0.847. The Hall–Kier alpha value is -1.20. The number of hydrogen-bond acceptors (Lipinski definition) is 3. The van der Waals surface area contributed by atoms with Crippen LogP contribution in [-0.2, 0) is 6.54 Å². The summed E-state index contributed by atoms with van der Waals surface area (Å²) in [6.45, 7) is 5.04. The molecular weight excluding hydrogens is 280 g/mol. The summed E-state index contributed by atoms with van der Waals surface area (Å²) >= 11 is 3.40. The third-order valence-electron chi connectivity index (χ3n) is 2.31. The minimum atomic E-state index is 0.467. The van der Waals surface area contributed by atoms with Gasteiger partial charge in [0, 0.05) is 46.9 Å². The van der Waals surface area contributed by atoms with Crippen LogP contribution in [-0.4, -0.2) is 21.0 Å².